The summed E-state index contributed by atoms with van der Waals surface area (Å²) >= 11 is 1.87. The van der Waals surface area contributed by atoms with E-state index >= 15 is 0 Å². The molecule has 0 spiro atoms. The van der Waals surface area contributed by atoms with Crippen molar-refractivity contribution in [2.75, 3.05) is 4.90 Å². The van der Waals surface area contributed by atoms with Gasteiger partial charge in [-0.25, -0.2) is 0 Å². The van der Waals surface area contributed by atoms with Crippen molar-refractivity contribution in [1.29, 1.82) is 0 Å². The monoisotopic (exact) mass is 705 g/mol. The molecular formula is C52H35NS. The topological polar surface area (TPSA) is 3.24 Å². The van der Waals surface area contributed by atoms with Gasteiger partial charge in [-0.15, -0.1) is 11.3 Å². The van der Waals surface area contributed by atoms with E-state index in [0.29, 0.717) is 0 Å². The first-order valence-corrected chi connectivity index (χ1v) is 19.2. The standard InChI is InChI=1S/C52H35NS/c1-4-16-36(17-5-1)42-25-14-22-39-30-31-40(34-47(39)42)44-23-10-12-27-49(44)53(50-28-15-26-46-45-24-11-13-29-51(45)54-52(46)50)41-32-33-43(37-18-6-2-7-19-37)48(35-41)38-20-8-3-9-21-38/h1-35H. The van der Waals surface area contributed by atoms with Crippen LogP contribution in [0, 0.1) is 0 Å². The molecule has 1 heterocycles. The summed E-state index contributed by atoms with van der Waals surface area (Å²) in [6.07, 6.45) is 0. The third-order valence-electron chi connectivity index (χ3n) is 10.5. The zero-order chi connectivity index (χ0) is 35.8. The molecule has 10 aromatic rings. The van der Waals surface area contributed by atoms with Crippen LogP contribution in [0.5, 0.6) is 0 Å². The molecule has 254 valence electrons. The van der Waals surface area contributed by atoms with E-state index in [0.717, 1.165) is 11.4 Å². The molecule has 10 rings (SSSR count). The van der Waals surface area contributed by atoms with Crippen molar-refractivity contribution in [1.82, 2.24) is 0 Å². The molecule has 1 aromatic heterocycles. The van der Waals surface area contributed by atoms with Crippen molar-refractivity contribution in [3.63, 3.8) is 0 Å². The van der Waals surface area contributed by atoms with Gasteiger partial charge in [0.05, 0.1) is 16.1 Å². The average Bonchev–Trinajstić information content (AvgIpc) is 3.64. The maximum atomic E-state index is 2.49. The molecule has 0 aliphatic heterocycles. The van der Waals surface area contributed by atoms with Crippen LogP contribution in [-0.2, 0) is 0 Å². The molecule has 9 aromatic carbocycles. The molecule has 0 bridgehead atoms. The fraction of sp³-hybridized carbons (Fsp3) is 0. The van der Waals surface area contributed by atoms with Gasteiger partial charge in [-0.1, -0.05) is 176 Å². The Labute approximate surface area is 319 Å². The normalized spacial score (nSPS) is 11.3. The second kappa shape index (κ2) is 13.7. The van der Waals surface area contributed by atoms with Gasteiger partial charge in [0.25, 0.3) is 0 Å². The number of anilines is 3. The Morgan fingerprint density at radius 3 is 1.69 bits per heavy atom. The summed E-state index contributed by atoms with van der Waals surface area (Å²) < 4.78 is 2.56. The third-order valence-corrected chi connectivity index (χ3v) is 11.7. The lowest BCUT2D eigenvalue weighted by molar-refractivity contribution is 1.30. The molecule has 2 heteroatoms. The van der Waals surface area contributed by atoms with Crippen LogP contribution in [0.25, 0.3) is 75.5 Å². The lowest BCUT2D eigenvalue weighted by atomic mass is 9.92. The summed E-state index contributed by atoms with van der Waals surface area (Å²) in [6.45, 7) is 0. The zero-order valence-corrected chi connectivity index (χ0v) is 30.4. The Morgan fingerprint density at radius 2 is 0.907 bits per heavy atom. The first-order valence-electron chi connectivity index (χ1n) is 18.4. The van der Waals surface area contributed by atoms with Crippen LogP contribution >= 0.6 is 11.3 Å². The van der Waals surface area contributed by atoms with Crippen molar-refractivity contribution in [3.8, 4) is 44.5 Å². The maximum Gasteiger partial charge on any atom is 0.0640 e. The molecule has 0 fully saturated rings. The second-order valence-electron chi connectivity index (χ2n) is 13.7. The lowest BCUT2D eigenvalue weighted by Gasteiger charge is -2.29. The summed E-state index contributed by atoms with van der Waals surface area (Å²) in [5, 5.41) is 5.04. The zero-order valence-electron chi connectivity index (χ0n) is 29.6. The molecule has 0 saturated carbocycles. The largest absolute Gasteiger partial charge is 0.308 e. The van der Waals surface area contributed by atoms with E-state index in [-0.39, 0.29) is 0 Å². The smallest absolute Gasteiger partial charge is 0.0640 e. The van der Waals surface area contributed by atoms with Gasteiger partial charge in [0, 0.05) is 26.7 Å². The molecular weight excluding hydrogens is 671 g/mol. The van der Waals surface area contributed by atoms with Crippen molar-refractivity contribution in [3.05, 3.63) is 212 Å². The van der Waals surface area contributed by atoms with Crippen molar-refractivity contribution in [2.45, 2.75) is 0 Å². The van der Waals surface area contributed by atoms with Crippen LogP contribution in [0.2, 0.25) is 0 Å². The number of thiophene rings is 1. The minimum absolute atomic E-state index is 1.11. The van der Waals surface area contributed by atoms with Gasteiger partial charge in [0.2, 0.25) is 0 Å². The molecule has 0 radical (unpaired) electrons. The van der Waals surface area contributed by atoms with E-state index in [1.165, 1.54) is 81.1 Å². The SMILES string of the molecule is c1ccc(-c2ccc(N(c3ccccc3-c3ccc4cccc(-c5ccccc5)c4c3)c3cccc4c3sc3ccccc34)cc2-c2ccccc2)cc1. The summed E-state index contributed by atoms with van der Waals surface area (Å²) in [5.74, 6) is 0. The quantitative estimate of drug-likeness (QED) is 0.160. The first kappa shape index (κ1) is 32.0. The van der Waals surface area contributed by atoms with Crippen molar-refractivity contribution >= 4 is 59.3 Å². The number of rotatable bonds is 7. The summed E-state index contributed by atoms with van der Waals surface area (Å²) in [4.78, 5) is 2.49. The summed E-state index contributed by atoms with van der Waals surface area (Å²) in [5.41, 5.74) is 13.0. The summed E-state index contributed by atoms with van der Waals surface area (Å²) in [6, 6.07) is 77.2. The molecule has 0 aliphatic carbocycles. The lowest BCUT2D eigenvalue weighted by Crippen LogP contribution is -2.11. The van der Waals surface area contributed by atoms with Crippen molar-refractivity contribution in [2.24, 2.45) is 0 Å². The van der Waals surface area contributed by atoms with Crippen LogP contribution in [0.4, 0.5) is 17.1 Å². The van der Waals surface area contributed by atoms with Crippen LogP contribution in [0.3, 0.4) is 0 Å². The summed E-state index contributed by atoms with van der Waals surface area (Å²) in [7, 11) is 0. The van der Waals surface area contributed by atoms with Crippen LogP contribution < -0.4 is 4.90 Å². The van der Waals surface area contributed by atoms with E-state index < -0.39 is 0 Å². The number of fused-ring (bicyclic) bond motifs is 4. The van der Waals surface area contributed by atoms with Gasteiger partial charge in [0.15, 0.2) is 0 Å². The fourth-order valence-electron chi connectivity index (χ4n) is 7.94. The van der Waals surface area contributed by atoms with Gasteiger partial charge in [-0.2, -0.15) is 0 Å². The maximum absolute atomic E-state index is 2.49. The highest BCUT2D eigenvalue weighted by Crippen LogP contribution is 2.49. The highest BCUT2D eigenvalue weighted by atomic mass is 32.1. The van der Waals surface area contributed by atoms with E-state index in [4.69, 9.17) is 0 Å². The van der Waals surface area contributed by atoms with Gasteiger partial charge in [0.1, 0.15) is 0 Å². The number of hydrogen-bond acceptors (Lipinski definition) is 2. The molecule has 0 aliphatic rings. The second-order valence-corrected chi connectivity index (χ2v) is 14.7. The molecule has 1 nitrogen and oxygen atoms in total. The average molecular weight is 706 g/mol. The highest BCUT2D eigenvalue weighted by Gasteiger charge is 2.22. The molecule has 0 amide bonds. The van der Waals surface area contributed by atoms with Crippen LogP contribution in [0.15, 0.2) is 212 Å². The third kappa shape index (κ3) is 5.65. The predicted octanol–water partition coefficient (Wildman–Crippen LogP) is 15.3. The Kier molecular flexibility index (Phi) is 8.09. The van der Waals surface area contributed by atoms with Gasteiger partial charge in [-0.05, 0) is 86.1 Å². The van der Waals surface area contributed by atoms with Gasteiger partial charge >= 0.3 is 0 Å². The Bertz CT molecular complexity index is 2930. The van der Waals surface area contributed by atoms with Gasteiger partial charge < -0.3 is 4.90 Å². The van der Waals surface area contributed by atoms with Crippen LogP contribution in [0.1, 0.15) is 0 Å². The minimum Gasteiger partial charge on any atom is -0.308 e. The van der Waals surface area contributed by atoms with Crippen LogP contribution in [-0.4, -0.2) is 0 Å². The Hall–Kier alpha value is -6.74. The van der Waals surface area contributed by atoms with E-state index in [2.05, 4.69) is 217 Å². The number of hydrogen-bond donors (Lipinski definition) is 0. The predicted molar refractivity (Wildman–Crippen MR) is 233 cm³/mol. The minimum atomic E-state index is 1.11. The van der Waals surface area contributed by atoms with Gasteiger partial charge in [-0.3, -0.25) is 0 Å². The Morgan fingerprint density at radius 1 is 0.315 bits per heavy atom. The molecule has 0 unspecified atom stereocenters. The number of nitrogens with zero attached hydrogens (tertiary/aromatic N) is 1. The molecule has 0 atom stereocenters. The highest BCUT2D eigenvalue weighted by molar-refractivity contribution is 7.26. The van der Waals surface area contributed by atoms with E-state index in [1.807, 2.05) is 11.3 Å². The Balaban J connectivity index is 1.24. The molecule has 54 heavy (non-hydrogen) atoms. The first-order chi connectivity index (χ1) is 26.8. The van der Waals surface area contributed by atoms with Crippen molar-refractivity contribution < 1.29 is 0 Å². The molecule has 0 saturated heterocycles. The van der Waals surface area contributed by atoms with E-state index in [1.54, 1.807) is 0 Å². The fourth-order valence-corrected chi connectivity index (χ4v) is 9.14. The van der Waals surface area contributed by atoms with E-state index in [9.17, 15) is 0 Å². The number of para-hydroxylation sites is 1. The number of benzene rings is 9. The molecule has 0 N–H and O–H groups in total.